The van der Waals surface area contributed by atoms with Gasteiger partial charge in [-0.05, 0) is 12.8 Å². The van der Waals surface area contributed by atoms with Gasteiger partial charge in [-0.1, -0.05) is 26.7 Å². The Kier molecular flexibility index (Phi) is 7.05. The topological polar surface area (TPSA) is 71.4 Å². The van der Waals surface area contributed by atoms with E-state index in [1.165, 1.54) is 0 Å². The highest BCUT2D eigenvalue weighted by molar-refractivity contribution is 5.88. The molecule has 7 heteroatoms. The number of carbonyl (C=O) groups excluding carboxylic acids is 1. The molecule has 0 unspecified atom stereocenters. The molecule has 1 saturated heterocycles. The van der Waals surface area contributed by atoms with Crippen LogP contribution in [0.15, 0.2) is 6.07 Å². The van der Waals surface area contributed by atoms with E-state index in [4.69, 9.17) is 4.74 Å². The van der Waals surface area contributed by atoms with E-state index >= 15 is 0 Å². The standard InChI is InChI=1S/C17H31N5O2/c1-5-14(6-2)15(22-7-9-24-10-8-22)12-18-17(23)19-16-11-13(3)20-21(16)4/h11,14-15H,5-10,12H2,1-4H3,(H2,18,19,23)/t15-/m1/s1. The Morgan fingerprint density at radius 2 is 2.00 bits per heavy atom. The first-order valence-corrected chi connectivity index (χ1v) is 8.92. The number of aromatic nitrogens is 2. The summed E-state index contributed by atoms with van der Waals surface area (Å²) in [7, 11) is 1.82. The quantitative estimate of drug-likeness (QED) is 0.798. The molecule has 1 aromatic heterocycles. The predicted molar refractivity (Wildman–Crippen MR) is 95.2 cm³/mol. The smallest absolute Gasteiger partial charge is 0.320 e. The van der Waals surface area contributed by atoms with Crippen LogP contribution in [0.1, 0.15) is 32.4 Å². The molecule has 0 radical (unpaired) electrons. The fourth-order valence-electron chi connectivity index (χ4n) is 3.42. The van der Waals surface area contributed by atoms with Gasteiger partial charge in [0.25, 0.3) is 0 Å². The molecule has 24 heavy (non-hydrogen) atoms. The van der Waals surface area contributed by atoms with E-state index < -0.39 is 0 Å². The zero-order valence-corrected chi connectivity index (χ0v) is 15.3. The number of urea groups is 1. The van der Waals surface area contributed by atoms with Crippen LogP contribution in [-0.4, -0.2) is 59.6 Å². The third kappa shape index (κ3) is 4.95. The van der Waals surface area contributed by atoms with Crippen molar-refractivity contribution in [1.29, 1.82) is 0 Å². The summed E-state index contributed by atoms with van der Waals surface area (Å²) in [6, 6.07) is 2.03. The number of carbonyl (C=O) groups is 1. The second kappa shape index (κ2) is 9.03. The molecule has 0 bridgehead atoms. The summed E-state index contributed by atoms with van der Waals surface area (Å²) in [6.45, 7) is 10.4. The van der Waals surface area contributed by atoms with Crippen molar-refractivity contribution < 1.29 is 9.53 Å². The van der Waals surface area contributed by atoms with Crippen molar-refractivity contribution >= 4 is 11.8 Å². The molecule has 1 aliphatic rings. The molecule has 2 rings (SSSR count). The molecule has 0 saturated carbocycles. The highest BCUT2D eigenvalue weighted by Gasteiger charge is 2.27. The number of hydrogen-bond acceptors (Lipinski definition) is 4. The largest absolute Gasteiger partial charge is 0.379 e. The number of rotatable bonds is 7. The number of ether oxygens (including phenoxy) is 1. The predicted octanol–water partition coefficient (Wildman–Crippen LogP) is 1.99. The maximum Gasteiger partial charge on any atom is 0.320 e. The highest BCUT2D eigenvalue weighted by atomic mass is 16.5. The van der Waals surface area contributed by atoms with Gasteiger partial charge in [0.2, 0.25) is 0 Å². The van der Waals surface area contributed by atoms with Crippen molar-refractivity contribution in [3.8, 4) is 0 Å². The summed E-state index contributed by atoms with van der Waals surface area (Å²) < 4.78 is 7.14. The number of amides is 2. The minimum Gasteiger partial charge on any atom is -0.379 e. The molecule has 7 nitrogen and oxygen atoms in total. The Morgan fingerprint density at radius 3 is 2.54 bits per heavy atom. The molecule has 2 N–H and O–H groups in total. The van der Waals surface area contributed by atoms with E-state index in [9.17, 15) is 4.79 Å². The summed E-state index contributed by atoms with van der Waals surface area (Å²) in [5, 5.41) is 10.2. The Hall–Kier alpha value is -1.60. The molecule has 0 aliphatic carbocycles. The lowest BCUT2D eigenvalue weighted by Gasteiger charge is -2.38. The summed E-state index contributed by atoms with van der Waals surface area (Å²) in [4.78, 5) is 14.7. The first kappa shape index (κ1) is 18.7. The Balaban J connectivity index is 1.93. The molecule has 2 heterocycles. The Labute approximate surface area is 144 Å². The lowest BCUT2D eigenvalue weighted by Crippen LogP contribution is -2.52. The molecular weight excluding hydrogens is 306 g/mol. The van der Waals surface area contributed by atoms with Gasteiger partial charge in [-0.25, -0.2) is 4.79 Å². The van der Waals surface area contributed by atoms with Crippen LogP contribution in [0.5, 0.6) is 0 Å². The average Bonchev–Trinajstić information content (AvgIpc) is 2.89. The van der Waals surface area contributed by atoms with Crippen LogP contribution in [0.3, 0.4) is 0 Å². The van der Waals surface area contributed by atoms with Gasteiger partial charge >= 0.3 is 6.03 Å². The van der Waals surface area contributed by atoms with Gasteiger partial charge in [-0.15, -0.1) is 0 Å². The zero-order chi connectivity index (χ0) is 17.5. The van der Waals surface area contributed by atoms with E-state index in [1.807, 2.05) is 20.0 Å². The fraction of sp³-hybridized carbons (Fsp3) is 0.765. The lowest BCUT2D eigenvalue weighted by molar-refractivity contribution is 0.00247. The van der Waals surface area contributed by atoms with Gasteiger partial charge in [0.15, 0.2) is 0 Å². The van der Waals surface area contributed by atoms with E-state index in [0.717, 1.165) is 44.8 Å². The van der Waals surface area contributed by atoms with Crippen molar-refractivity contribution in [1.82, 2.24) is 20.0 Å². The van der Waals surface area contributed by atoms with E-state index in [-0.39, 0.29) is 6.03 Å². The molecular formula is C17H31N5O2. The minimum absolute atomic E-state index is 0.179. The number of anilines is 1. The van der Waals surface area contributed by atoms with Crippen LogP contribution in [0.2, 0.25) is 0 Å². The monoisotopic (exact) mass is 337 g/mol. The molecule has 1 aromatic rings. The van der Waals surface area contributed by atoms with E-state index in [0.29, 0.717) is 24.3 Å². The lowest BCUT2D eigenvalue weighted by atomic mass is 9.92. The van der Waals surface area contributed by atoms with Crippen LogP contribution in [0.4, 0.5) is 10.6 Å². The molecule has 2 amide bonds. The van der Waals surface area contributed by atoms with Gasteiger partial charge in [0.05, 0.1) is 18.9 Å². The molecule has 1 aliphatic heterocycles. The van der Waals surface area contributed by atoms with Crippen LogP contribution >= 0.6 is 0 Å². The third-order valence-electron chi connectivity index (χ3n) is 4.82. The van der Waals surface area contributed by atoms with Crippen LogP contribution in [0, 0.1) is 12.8 Å². The first-order chi connectivity index (χ1) is 11.5. The number of nitrogens with one attached hydrogen (secondary N) is 2. The molecule has 0 aromatic carbocycles. The summed E-state index contributed by atoms with van der Waals surface area (Å²) in [5.41, 5.74) is 0.885. The molecule has 136 valence electrons. The van der Waals surface area contributed by atoms with E-state index in [1.54, 1.807) is 4.68 Å². The van der Waals surface area contributed by atoms with Crippen molar-refractivity contribution in [2.24, 2.45) is 13.0 Å². The van der Waals surface area contributed by atoms with Gasteiger partial charge in [0.1, 0.15) is 5.82 Å². The van der Waals surface area contributed by atoms with Crippen molar-refractivity contribution in [2.45, 2.75) is 39.7 Å². The van der Waals surface area contributed by atoms with Gasteiger partial charge in [-0.3, -0.25) is 14.9 Å². The molecule has 0 spiro atoms. The number of aryl methyl sites for hydroxylation is 2. The second-order valence-electron chi connectivity index (χ2n) is 6.42. The third-order valence-corrected chi connectivity index (χ3v) is 4.82. The zero-order valence-electron chi connectivity index (χ0n) is 15.3. The van der Waals surface area contributed by atoms with Crippen LogP contribution < -0.4 is 10.6 Å². The second-order valence-corrected chi connectivity index (χ2v) is 6.42. The van der Waals surface area contributed by atoms with Crippen LogP contribution in [0.25, 0.3) is 0 Å². The highest BCUT2D eigenvalue weighted by Crippen LogP contribution is 2.19. The van der Waals surface area contributed by atoms with Gasteiger partial charge < -0.3 is 10.1 Å². The maximum absolute atomic E-state index is 12.3. The molecule has 1 atom stereocenters. The van der Waals surface area contributed by atoms with Gasteiger partial charge in [-0.2, -0.15) is 5.10 Å². The van der Waals surface area contributed by atoms with Crippen molar-refractivity contribution in [3.05, 3.63) is 11.8 Å². The summed E-state index contributed by atoms with van der Waals surface area (Å²) >= 11 is 0. The summed E-state index contributed by atoms with van der Waals surface area (Å²) in [6.07, 6.45) is 2.23. The van der Waals surface area contributed by atoms with Crippen molar-refractivity contribution in [3.63, 3.8) is 0 Å². The number of morpholine rings is 1. The fourth-order valence-corrected chi connectivity index (χ4v) is 3.42. The van der Waals surface area contributed by atoms with Gasteiger partial charge in [0, 0.05) is 38.8 Å². The summed E-state index contributed by atoms with van der Waals surface area (Å²) in [5.74, 6) is 1.28. The minimum atomic E-state index is -0.179. The molecule has 1 fully saturated rings. The van der Waals surface area contributed by atoms with Crippen molar-refractivity contribution in [2.75, 3.05) is 38.2 Å². The van der Waals surface area contributed by atoms with E-state index in [2.05, 4.69) is 34.5 Å². The Bertz CT molecular complexity index is 521. The normalized spacial score (nSPS) is 17.0. The average molecular weight is 337 g/mol. The Morgan fingerprint density at radius 1 is 1.33 bits per heavy atom. The number of hydrogen-bond donors (Lipinski definition) is 2. The maximum atomic E-state index is 12.3. The first-order valence-electron chi connectivity index (χ1n) is 8.92. The van der Waals surface area contributed by atoms with Crippen LogP contribution in [-0.2, 0) is 11.8 Å². The SMILES string of the molecule is CCC(CC)[C@@H](CNC(=O)Nc1cc(C)nn1C)N1CCOCC1. The number of nitrogens with zero attached hydrogens (tertiary/aromatic N) is 3.